The summed E-state index contributed by atoms with van der Waals surface area (Å²) in [6.07, 6.45) is 0. The van der Waals surface area contributed by atoms with Crippen molar-refractivity contribution in [3.8, 4) is 0 Å². The largest absolute Gasteiger partial charge is 0.378 e. The number of rotatable bonds is 2. The first kappa shape index (κ1) is 15.9. The van der Waals surface area contributed by atoms with Gasteiger partial charge in [0.2, 0.25) is 5.91 Å². The molecule has 1 aliphatic heterocycles. The van der Waals surface area contributed by atoms with E-state index in [1.165, 1.54) is 16.2 Å². The van der Waals surface area contributed by atoms with Crippen LogP contribution in [0.15, 0.2) is 14.3 Å². The van der Waals surface area contributed by atoms with E-state index in [0.717, 1.165) is 4.57 Å². The van der Waals surface area contributed by atoms with Crippen LogP contribution in [0.1, 0.15) is 0 Å². The normalized spacial score (nSPS) is 15.3. The topological polar surface area (TPSA) is 91.4 Å². The number of morpholine rings is 1. The van der Waals surface area contributed by atoms with Crippen molar-refractivity contribution in [1.29, 1.82) is 0 Å². The van der Waals surface area contributed by atoms with Crippen LogP contribution in [0.5, 0.6) is 0 Å². The summed E-state index contributed by atoms with van der Waals surface area (Å²) < 4.78 is 9.43. The average Bonchev–Trinajstić information content (AvgIpc) is 2.88. The predicted molar refractivity (Wildman–Crippen MR) is 85.3 cm³/mol. The Morgan fingerprint density at radius 2 is 1.87 bits per heavy atom. The van der Waals surface area contributed by atoms with Gasteiger partial charge >= 0.3 is 5.69 Å². The van der Waals surface area contributed by atoms with E-state index >= 15 is 0 Å². The minimum Gasteiger partial charge on any atom is -0.378 e. The van der Waals surface area contributed by atoms with Gasteiger partial charge in [0.15, 0.2) is 15.9 Å². The molecule has 0 radical (unpaired) electrons. The van der Waals surface area contributed by atoms with Crippen molar-refractivity contribution < 1.29 is 9.53 Å². The summed E-state index contributed by atoms with van der Waals surface area (Å²) in [4.78, 5) is 42.6. The fourth-order valence-electron chi connectivity index (χ4n) is 2.65. The predicted octanol–water partition coefficient (Wildman–Crippen LogP) is -0.945. The highest BCUT2D eigenvalue weighted by Gasteiger charge is 2.22. The molecule has 0 saturated carbocycles. The fraction of sp³-hybridized carbons (Fsp3) is 0.538. The van der Waals surface area contributed by atoms with Crippen molar-refractivity contribution in [1.82, 2.24) is 23.6 Å². The molecule has 1 amide bonds. The lowest BCUT2D eigenvalue weighted by molar-refractivity contribution is -0.135. The lowest BCUT2D eigenvalue weighted by Gasteiger charge is -2.27. The molecule has 0 spiro atoms. The first-order chi connectivity index (χ1) is 10.9. The van der Waals surface area contributed by atoms with Crippen LogP contribution in [0, 0.1) is 0 Å². The number of ether oxygens (including phenoxy) is 1. The standard InChI is InChI=1S/C13H16BrN5O4/c1-16-10-9(11(21)17(2)13(16)22)15-12(14)19(10)7-8(20)18-3-5-23-6-4-18/h3-7H2,1-2H3. The lowest BCUT2D eigenvalue weighted by atomic mass is 10.4. The van der Waals surface area contributed by atoms with Crippen molar-refractivity contribution in [2.24, 2.45) is 14.1 Å². The molecule has 23 heavy (non-hydrogen) atoms. The van der Waals surface area contributed by atoms with E-state index in [0.29, 0.717) is 36.7 Å². The van der Waals surface area contributed by atoms with E-state index < -0.39 is 11.2 Å². The highest BCUT2D eigenvalue weighted by atomic mass is 79.9. The summed E-state index contributed by atoms with van der Waals surface area (Å²) in [5, 5.41) is 0. The first-order valence-corrected chi connectivity index (χ1v) is 7.88. The Labute approximate surface area is 139 Å². The summed E-state index contributed by atoms with van der Waals surface area (Å²) in [6.45, 7) is 2.08. The Bertz CT molecular complexity index is 890. The van der Waals surface area contributed by atoms with Gasteiger partial charge in [-0.25, -0.2) is 9.78 Å². The lowest BCUT2D eigenvalue weighted by Crippen LogP contribution is -2.42. The van der Waals surface area contributed by atoms with Crippen LogP contribution in [0.4, 0.5) is 0 Å². The monoisotopic (exact) mass is 385 g/mol. The summed E-state index contributed by atoms with van der Waals surface area (Å²) in [5.41, 5.74) is -0.473. The molecule has 1 saturated heterocycles. The molecule has 0 N–H and O–H groups in total. The molecule has 0 bridgehead atoms. The van der Waals surface area contributed by atoms with Gasteiger partial charge in [0.05, 0.1) is 13.2 Å². The van der Waals surface area contributed by atoms with Crippen molar-refractivity contribution in [3.63, 3.8) is 0 Å². The zero-order valence-corrected chi connectivity index (χ0v) is 14.4. The Morgan fingerprint density at radius 3 is 2.52 bits per heavy atom. The van der Waals surface area contributed by atoms with Crippen molar-refractivity contribution in [3.05, 3.63) is 25.6 Å². The van der Waals surface area contributed by atoms with Crippen LogP contribution < -0.4 is 11.2 Å². The number of fused-ring (bicyclic) bond motifs is 1. The second-order valence-electron chi connectivity index (χ2n) is 5.34. The number of aromatic nitrogens is 4. The summed E-state index contributed by atoms with van der Waals surface area (Å²) in [5.74, 6) is -0.110. The van der Waals surface area contributed by atoms with Gasteiger partial charge in [-0.3, -0.25) is 23.3 Å². The Hall–Kier alpha value is -1.94. The number of hydrogen-bond donors (Lipinski definition) is 0. The van der Waals surface area contributed by atoms with Gasteiger partial charge in [0.25, 0.3) is 5.56 Å². The zero-order chi connectivity index (χ0) is 16.7. The second-order valence-corrected chi connectivity index (χ2v) is 6.05. The summed E-state index contributed by atoms with van der Waals surface area (Å²) in [7, 11) is 2.95. The molecule has 2 aromatic heterocycles. The highest BCUT2D eigenvalue weighted by molar-refractivity contribution is 9.10. The van der Waals surface area contributed by atoms with E-state index in [1.54, 1.807) is 11.9 Å². The number of carbonyl (C=O) groups is 1. The third-order valence-corrected chi connectivity index (χ3v) is 4.56. The molecule has 10 heteroatoms. The van der Waals surface area contributed by atoms with Crippen LogP contribution >= 0.6 is 15.9 Å². The molecular weight excluding hydrogens is 370 g/mol. The highest BCUT2D eigenvalue weighted by Crippen LogP contribution is 2.17. The SMILES string of the molecule is Cn1c(=O)c2nc(Br)n(CC(=O)N3CCOCC3)c2n(C)c1=O. The summed E-state index contributed by atoms with van der Waals surface area (Å²) in [6, 6.07) is 0. The quantitative estimate of drug-likeness (QED) is 0.621. The zero-order valence-electron chi connectivity index (χ0n) is 12.8. The molecule has 2 aromatic rings. The molecule has 0 aliphatic carbocycles. The Balaban J connectivity index is 2.07. The van der Waals surface area contributed by atoms with Gasteiger partial charge in [0.1, 0.15) is 6.54 Å². The third-order valence-electron chi connectivity index (χ3n) is 3.95. The fourth-order valence-corrected chi connectivity index (χ4v) is 3.12. The van der Waals surface area contributed by atoms with E-state index in [2.05, 4.69) is 20.9 Å². The van der Waals surface area contributed by atoms with Gasteiger partial charge in [-0.05, 0) is 15.9 Å². The van der Waals surface area contributed by atoms with Crippen LogP contribution in [0.3, 0.4) is 0 Å². The van der Waals surface area contributed by atoms with Crippen molar-refractivity contribution in [2.45, 2.75) is 6.54 Å². The van der Waals surface area contributed by atoms with Crippen LogP contribution in [0.2, 0.25) is 0 Å². The number of carbonyl (C=O) groups excluding carboxylic acids is 1. The van der Waals surface area contributed by atoms with Crippen LogP contribution in [-0.4, -0.2) is 55.8 Å². The number of amides is 1. The van der Waals surface area contributed by atoms with Crippen molar-refractivity contribution in [2.75, 3.05) is 26.3 Å². The average molecular weight is 386 g/mol. The van der Waals surface area contributed by atoms with E-state index in [1.807, 2.05) is 0 Å². The number of halogens is 1. The van der Waals surface area contributed by atoms with Gasteiger partial charge in [-0.2, -0.15) is 0 Å². The molecule has 1 aliphatic rings. The number of hydrogen-bond acceptors (Lipinski definition) is 5. The summed E-state index contributed by atoms with van der Waals surface area (Å²) >= 11 is 3.27. The van der Waals surface area contributed by atoms with Crippen LogP contribution in [0.25, 0.3) is 11.2 Å². The minimum absolute atomic E-state index is 0.00245. The molecule has 1 fully saturated rings. The van der Waals surface area contributed by atoms with Crippen LogP contribution in [-0.2, 0) is 30.2 Å². The molecule has 0 unspecified atom stereocenters. The maximum Gasteiger partial charge on any atom is 0.332 e. The van der Waals surface area contributed by atoms with E-state index in [9.17, 15) is 14.4 Å². The van der Waals surface area contributed by atoms with Crippen molar-refractivity contribution >= 4 is 33.0 Å². The Kier molecular flexibility index (Phi) is 4.11. The second kappa shape index (κ2) is 5.93. The number of nitrogens with zero attached hydrogens (tertiary/aromatic N) is 5. The molecule has 9 nitrogen and oxygen atoms in total. The maximum atomic E-state index is 12.4. The number of imidazole rings is 1. The number of aryl methyl sites for hydroxylation is 1. The molecule has 3 rings (SSSR count). The maximum absolute atomic E-state index is 12.4. The molecule has 124 valence electrons. The van der Waals surface area contributed by atoms with Gasteiger partial charge < -0.3 is 9.64 Å². The third kappa shape index (κ3) is 2.61. The molecular formula is C13H16BrN5O4. The smallest absolute Gasteiger partial charge is 0.332 e. The van der Waals surface area contributed by atoms with Gasteiger partial charge in [0, 0.05) is 27.2 Å². The molecule has 3 heterocycles. The van der Waals surface area contributed by atoms with Gasteiger partial charge in [-0.1, -0.05) is 0 Å². The van der Waals surface area contributed by atoms with Gasteiger partial charge in [-0.15, -0.1) is 0 Å². The Morgan fingerprint density at radius 1 is 1.22 bits per heavy atom. The van der Waals surface area contributed by atoms with E-state index in [4.69, 9.17) is 4.74 Å². The molecule has 0 aromatic carbocycles. The first-order valence-electron chi connectivity index (χ1n) is 7.09. The molecule has 0 atom stereocenters. The minimum atomic E-state index is -0.485. The van der Waals surface area contributed by atoms with E-state index in [-0.39, 0.29) is 18.0 Å².